The van der Waals surface area contributed by atoms with Gasteiger partial charge in [0.1, 0.15) is 18.2 Å². The van der Waals surface area contributed by atoms with Crippen molar-refractivity contribution in [1.29, 1.82) is 0 Å². The van der Waals surface area contributed by atoms with E-state index < -0.39 is 25.0 Å². The lowest BCUT2D eigenvalue weighted by atomic mass is 9.91. The molecule has 1 aromatic carbocycles. The molecule has 10 nitrogen and oxygen atoms in total. The smallest absolute Gasteiger partial charge is 0.491 e. The molecule has 2 atom stereocenters. The first-order valence-electron chi connectivity index (χ1n) is 15.1. The van der Waals surface area contributed by atoms with Crippen molar-refractivity contribution >= 4 is 39.1 Å². The topological polar surface area (TPSA) is 116 Å². The highest BCUT2D eigenvalue weighted by atomic mass is 35.5. The number of carboxylic acids is 1. The van der Waals surface area contributed by atoms with Crippen molar-refractivity contribution in [2.24, 2.45) is 0 Å². The number of carbonyl (C=O) groups is 1. The number of benzene rings is 1. The Morgan fingerprint density at radius 3 is 2.79 bits per heavy atom. The molecule has 0 spiro atoms. The zero-order valence-corrected chi connectivity index (χ0v) is 27.2. The minimum atomic E-state index is -4.72. The summed E-state index contributed by atoms with van der Waals surface area (Å²) in [5.41, 5.74) is 3.77. The molecule has 2 aliphatic rings. The van der Waals surface area contributed by atoms with E-state index in [0.717, 1.165) is 17.7 Å². The van der Waals surface area contributed by atoms with E-state index in [1.54, 1.807) is 42.0 Å². The number of aromatic nitrogens is 3. The van der Waals surface area contributed by atoms with Crippen LogP contribution in [0.1, 0.15) is 39.6 Å². The minimum absolute atomic E-state index is 0.0298. The van der Waals surface area contributed by atoms with E-state index in [-0.39, 0.29) is 43.5 Å². The molecule has 0 amide bonds. The number of alkyl halides is 3. The van der Waals surface area contributed by atoms with Gasteiger partial charge in [-0.1, -0.05) is 11.6 Å². The second-order valence-corrected chi connectivity index (χ2v) is 12.9. The third kappa shape index (κ3) is 7.31. The molecule has 1 aliphatic carbocycles. The first-order valence-corrected chi connectivity index (χ1v) is 16.3. The van der Waals surface area contributed by atoms with E-state index in [1.807, 2.05) is 6.07 Å². The van der Waals surface area contributed by atoms with Gasteiger partial charge in [-0.3, -0.25) is 24.0 Å². The zero-order chi connectivity index (χ0) is 33.5. The molecule has 1 N–H and O–H groups in total. The fourth-order valence-corrected chi connectivity index (χ4v) is 7.50. The maximum atomic E-state index is 13.8. The van der Waals surface area contributed by atoms with Crippen LogP contribution in [0.25, 0.3) is 21.3 Å². The number of thiophene rings is 1. The van der Waals surface area contributed by atoms with Crippen molar-refractivity contribution in [3.8, 4) is 16.9 Å². The van der Waals surface area contributed by atoms with Crippen molar-refractivity contribution in [1.82, 2.24) is 19.4 Å². The third-order valence-corrected chi connectivity index (χ3v) is 9.74. The molecule has 1 fully saturated rings. The van der Waals surface area contributed by atoms with Crippen molar-refractivity contribution in [2.75, 3.05) is 32.9 Å². The van der Waals surface area contributed by atoms with Crippen molar-refractivity contribution in [3.05, 3.63) is 73.4 Å². The summed E-state index contributed by atoms with van der Waals surface area (Å²) >= 11 is 7.67. The van der Waals surface area contributed by atoms with E-state index in [1.165, 1.54) is 11.3 Å². The number of pyridine rings is 1. The highest BCUT2D eigenvalue weighted by molar-refractivity contribution is 7.18. The summed E-state index contributed by atoms with van der Waals surface area (Å²) < 4.78 is 55.7. The van der Waals surface area contributed by atoms with Gasteiger partial charge in [0.2, 0.25) is 0 Å². The molecule has 0 bridgehead atoms. The molecule has 0 unspecified atom stereocenters. The van der Waals surface area contributed by atoms with E-state index in [9.17, 15) is 27.9 Å². The first kappa shape index (κ1) is 33.3. The van der Waals surface area contributed by atoms with Crippen LogP contribution in [0.3, 0.4) is 0 Å². The van der Waals surface area contributed by atoms with Gasteiger partial charge in [-0.2, -0.15) is 0 Å². The fraction of sp³-hybridized carbons (Fsp3) is 0.438. The molecule has 15 heteroatoms. The quantitative estimate of drug-likeness (QED) is 0.237. The van der Waals surface area contributed by atoms with Gasteiger partial charge < -0.3 is 14.6 Å². The number of fused-ring (bicyclic) bond motifs is 2. The Kier molecular flexibility index (Phi) is 9.59. The SMILES string of the molecule is Cc1cc(-c2cc(Cl)ccc2OCCn2c(C)nc3c(c2=O)C[C@@H](N2CCO[C@@H](COC(F)(F)F)C2)CC3)c2scc(C(=O)O)c2n1. The number of halogens is 4. The van der Waals surface area contributed by atoms with Gasteiger partial charge in [0.25, 0.3) is 5.56 Å². The lowest BCUT2D eigenvalue weighted by Crippen LogP contribution is -2.51. The standard InChI is InChI=1S/C32H32ClF3N4O6S/c1-17-11-23(29-28(37-17)25(16-47-29)31(42)43)22-12-19(33)3-6-27(22)45-10-8-40-18(2)38-26-5-4-20(13-24(26)30(40)41)39-7-9-44-21(14-39)15-46-32(34,35)36/h3,6,11-12,16,20-21H,4-5,7-10,13-15H2,1-2H3,(H,42,43)/t20-,21+/m0/s1. The van der Waals surface area contributed by atoms with Crippen molar-refractivity contribution in [3.63, 3.8) is 0 Å². The zero-order valence-electron chi connectivity index (χ0n) is 25.6. The Hall–Kier alpha value is -3.56. The summed E-state index contributed by atoms with van der Waals surface area (Å²) in [4.78, 5) is 36.8. The molecule has 3 aromatic heterocycles. The molecule has 0 radical (unpaired) electrons. The largest absolute Gasteiger partial charge is 0.522 e. The van der Waals surface area contributed by atoms with Gasteiger partial charge in [-0.25, -0.2) is 9.78 Å². The maximum Gasteiger partial charge on any atom is 0.522 e. The summed E-state index contributed by atoms with van der Waals surface area (Å²) in [5, 5.41) is 11.7. The summed E-state index contributed by atoms with van der Waals surface area (Å²) in [7, 11) is 0. The average Bonchev–Trinajstić information content (AvgIpc) is 3.46. The van der Waals surface area contributed by atoms with Crippen LogP contribution in [-0.2, 0) is 28.9 Å². The highest BCUT2D eigenvalue weighted by Crippen LogP contribution is 2.40. The number of aryl methyl sites for hydroxylation is 3. The van der Waals surface area contributed by atoms with Crippen LogP contribution in [0.15, 0.2) is 34.4 Å². The molecular formula is C32H32ClF3N4O6S. The Bertz CT molecular complexity index is 1880. The normalized spacial score (nSPS) is 18.8. The number of aromatic carboxylic acids is 1. The predicted octanol–water partition coefficient (Wildman–Crippen LogP) is 5.66. The van der Waals surface area contributed by atoms with E-state index in [2.05, 4.69) is 14.6 Å². The monoisotopic (exact) mass is 692 g/mol. The maximum absolute atomic E-state index is 13.8. The molecule has 4 aromatic rings. The summed E-state index contributed by atoms with van der Waals surface area (Å²) in [6.45, 7) is 4.48. The lowest BCUT2D eigenvalue weighted by molar-refractivity contribution is -0.333. The molecule has 1 aliphatic heterocycles. The van der Waals surface area contributed by atoms with Crippen LogP contribution in [0.2, 0.25) is 5.02 Å². The Balaban J connectivity index is 1.19. The van der Waals surface area contributed by atoms with E-state index in [0.29, 0.717) is 63.0 Å². The highest BCUT2D eigenvalue weighted by Gasteiger charge is 2.35. The number of ether oxygens (including phenoxy) is 3. The van der Waals surface area contributed by atoms with Gasteiger partial charge in [-0.05, 0) is 57.4 Å². The number of nitrogens with zero attached hydrogens (tertiary/aromatic N) is 4. The second kappa shape index (κ2) is 13.5. The second-order valence-electron chi connectivity index (χ2n) is 11.6. The number of hydrogen-bond acceptors (Lipinski definition) is 9. The summed E-state index contributed by atoms with van der Waals surface area (Å²) in [5.74, 6) is 0.0204. The molecule has 6 rings (SSSR count). The Labute approximate surface area is 276 Å². The Morgan fingerprint density at radius 1 is 1.21 bits per heavy atom. The number of carboxylic acid groups (broad SMARTS) is 1. The molecule has 0 saturated carbocycles. The molecule has 47 heavy (non-hydrogen) atoms. The van der Waals surface area contributed by atoms with Crippen LogP contribution in [0, 0.1) is 13.8 Å². The Morgan fingerprint density at radius 2 is 2.02 bits per heavy atom. The molecule has 1 saturated heterocycles. The molecule has 4 heterocycles. The van der Waals surface area contributed by atoms with Crippen LogP contribution in [-0.4, -0.2) is 81.9 Å². The number of morpholine rings is 1. The van der Waals surface area contributed by atoms with Crippen LogP contribution in [0.5, 0.6) is 5.75 Å². The predicted molar refractivity (Wildman–Crippen MR) is 170 cm³/mol. The van der Waals surface area contributed by atoms with Crippen LogP contribution >= 0.6 is 22.9 Å². The van der Waals surface area contributed by atoms with E-state index >= 15 is 0 Å². The molecular weight excluding hydrogens is 661 g/mol. The van der Waals surface area contributed by atoms with Crippen LogP contribution in [0.4, 0.5) is 13.2 Å². The summed E-state index contributed by atoms with van der Waals surface area (Å²) in [6.07, 6.45) is -3.66. The van der Waals surface area contributed by atoms with Gasteiger partial charge in [0.05, 0.1) is 47.3 Å². The molecule has 250 valence electrons. The minimum Gasteiger partial charge on any atom is -0.491 e. The van der Waals surface area contributed by atoms with Gasteiger partial charge in [-0.15, -0.1) is 24.5 Å². The fourth-order valence-electron chi connectivity index (χ4n) is 6.32. The van der Waals surface area contributed by atoms with Gasteiger partial charge in [0.15, 0.2) is 0 Å². The summed E-state index contributed by atoms with van der Waals surface area (Å²) in [6, 6.07) is 7.03. The average molecular weight is 693 g/mol. The number of rotatable bonds is 9. The van der Waals surface area contributed by atoms with Crippen molar-refractivity contribution in [2.45, 2.75) is 58.2 Å². The van der Waals surface area contributed by atoms with Gasteiger partial charge in [0, 0.05) is 51.9 Å². The first-order chi connectivity index (χ1) is 22.4. The van der Waals surface area contributed by atoms with E-state index in [4.69, 9.17) is 26.1 Å². The van der Waals surface area contributed by atoms with Gasteiger partial charge >= 0.3 is 12.3 Å². The van der Waals surface area contributed by atoms with Crippen LogP contribution < -0.4 is 10.3 Å². The van der Waals surface area contributed by atoms with Crippen molar-refractivity contribution < 1.29 is 37.3 Å². The third-order valence-electron chi connectivity index (χ3n) is 8.50. The number of hydrogen-bond donors (Lipinski definition) is 1. The lowest BCUT2D eigenvalue weighted by Gasteiger charge is -2.40.